The molecule has 1 aromatic rings. The lowest BCUT2D eigenvalue weighted by atomic mass is 10.1. The van der Waals surface area contributed by atoms with Gasteiger partial charge >= 0.3 is 0 Å². The van der Waals surface area contributed by atoms with E-state index in [4.69, 9.17) is 0 Å². The number of aliphatic hydroxyl groups excluding tert-OH is 1. The fraction of sp³-hybridized carbons (Fsp3) is 0.667. The van der Waals surface area contributed by atoms with Crippen molar-refractivity contribution in [3.05, 3.63) is 29.8 Å². The Labute approximate surface area is 120 Å². The molecule has 2 unspecified atom stereocenters. The molecule has 0 radical (unpaired) electrons. The number of pyridine rings is 1. The lowest BCUT2D eigenvalue weighted by Crippen LogP contribution is -2.38. The van der Waals surface area contributed by atoms with E-state index in [1.54, 1.807) is 6.07 Å². The second kappa shape index (κ2) is 7.11. The molecule has 1 aromatic heterocycles. The Bertz CT molecular complexity index is 410. The number of likely N-dealkylation sites (tertiary alicyclic amines) is 1. The summed E-state index contributed by atoms with van der Waals surface area (Å²) in [5.74, 6) is -0.369. The van der Waals surface area contributed by atoms with Gasteiger partial charge in [0.2, 0.25) is 0 Å². The summed E-state index contributed by atoms with van der Waals surface area (Å²) in [7, 11) is 4.18. The number of hydrogen-bond donors (Lipinski definition) is 1. The topological polar surface area (TPSA) is 39.6 Å². The van der Waals surface area contributed by atoms with Crippen LogP contribution in [0, 0.1) is 5.82 Å². The molecule has 0 bridgehead atoms. The molecule has 112 valence electrons. The molecule has 0 spiro atoms. The fourth-order valence-corrected chi connectivity index (χ4v) is 2.84. The molecule has 2 atom stereocenters. The van der Waals surface area contributed by atoms with E-state index in [2.05, 4.69) is 28.9 Å². The molecule has 0 aliphatic carbocycles. The number of hydrogen-bond acceptors (Lipinski definition) is 4. The number of halogens is 1. The molecular formula is C15H24FN3O. The van der Waals surface area contributed by atoms with Crippen LogP contribution in [-0.2, 0) is 0 Å². The summed E-state index contributed by atoms with van der Waals surface area (Å²) in [4.78, 5) is 8.59. The highest BCUT2D eigenvalue weighted by atomic mass is 19.1. The highest BCUT2D eigenvalue weighted by Gasteiger charge is 2.25. The van der Waals surface area contributed by atoms with Crippen molar-refractivity contribution in [1.29, 1.82) is 0 Å². The van der Waals surface area contributed by atoms with Crippen LogP contribution in [0.15, 0.2) is 18.3 Å². The summed E-state index contributed by atoms with van der Waals surface area (Å²) in [6.45, 7) is 3.02. The van der Waals surface area contributed by atoms with E-state index in [0.717, 1.165) is 25.8 Å². The summed E-state index contributed by atoms with van der Waals surface area (Å²) in [5, 5.41) is 10.1. The molecule has 2 heterocycles. The van der Waals surface area contributed by atoms with Crippen LogP contribution >= 0.6 is 0 Å². The van der Waals surface area contributed by atoms with Crippen molar-refractivity contribution in [3.63, 3.8) is 0 Å². The third kappa shape index (κ3) is 4.23. The van der Waals surface area contributed by atoms with Crippen molar-refractivity contribution in [1.82, 2.24) is 14.8 Å². The van der Waals surface area contributed by atoms with Crippen LogP contribution in [0.2, 0.25) is 0 Å². The fourth-order valence-electron chi connectivity index (χ4n) is 2.84. The molecule has 1 saturated heterocycles. The number of nitrogens with zero attached hydrogens (tertiary/aromatic N) is 3. The molecule has 1 aliphatic rings. The highest BCUT2D eigenvalue weighted by Crippen LogP contribution is 2.21. The summed E-state index contributed by atoms with van der Waals surface area (Å²) < 4.78 is 12.8. The van der Waals surface area contributed by atoms with Gasteiger partial charge in [0.1, 0.15) is 5.82 Å². The standard InChI is InChI=1S/C15H24FN3O/c1-18(2)11-13-4-3-8-19(13)9-7-15(20)14-6-5-12(16)10-17-14/h5-6,10,13,15,20H,3-4,7-9,11H2,1-2H3. The van der Waals surface area contributed by atoms with Gasteiger partial charge in [0.15, 0.2) is 0 Å². The van der Waals surface area contributed by atoms with Gasteiger partial charge in [-0.1, -0.05) is 0 Å². The predicted molar refractivity (Wildman–Crippen MR) is 76.9 cm³/mol. The summed E-state index contributed by atoms with van der Waals surface area (Å²) in [6, 6.07) is 3.48. The van der Waals surface area contributed by atoms with E-state index in [-0.39, 0.29) is 5.82 Å². The first-order valence-electron chi connectivity index (χ1n) is 7.24. The van der Waals surface area contributed by atoms with Crippen molar-refractivity contribution in [2.24, 2.45) is 0 Å². The lowest BCUT2D eigenvalue weighted by molar-refractivity contribution is 0.128. The van der Waals surface area contributed by atoms with Gasteiger partial charge in [0.05, 0.1) is 18.0 Å². The van der Waals surface area contributed by atoms with E-state index in [1.165, 1.54) is 18.9 Å². The van der Waals surface area contributed by atoms with Gasteiger partial charge in [-0.3, -0.25) is 9.88 Å². The average Bonchev–Trinajstić information content (AvgIpc) is 2.83. The Morgan fingerprint density at radius 1 is 1.50 bits per heavy atom. The smallest absolute Gasteiger partial charge is 0.141 e. The normalized spacial score (nSPS) is 21.6. The Morgan fingerprint density at radius 3 is 2.95 bits per heavy atom. The highest BCUT2D eigenvalue weighted by molar-refractivity contribution is 5.08. The second-order valence-corrected chi connectivity index (χ2v) is 5.80. The summed E-state index contributed by atoms with van der Waals surface area (Å²) in [6.07, 6.45) is 3.63. The third-order valence-corrected chi connectivity index (χ3v) is 3.86. The minimum absolute atomic E-state index is 0.369. The van der Waals surface area contributed by atoms with Crippen LogP contribution in [0.1, 0.15) is 31.1 Å². The zero-order valence-electron chi connectivity index (χ0n) is 12.3. The Hall–Kier alpha value is -1.04. The molecule has 20 heavy (non-hydrogen) atoms. The molecule has 1 fully saturated rings. The van der Waals surface area contributed by atoms with E-state index >= 15 is 0 Å². The average molecular weight is 281 g/mol. The molecule has 0 saturated carbocycles. The zero-order valence-corrected chi connectivity index (χ0v) is 12.3. The lowest BCUT2D eigenvalue weighted by Gasteiger charge is -2.27. The quantitative estimate of drug-likeness (QED) is 0.861. The molecule has 0 aromatic carbocycles. The summed E-state index contributed by atoms with van der Waals surface area (Å²) >= 11 is 0. The van der Waals surface area contributed by atoms with Crippen LogP contribution in [0.5, 0.6) is 0 Å². The molecule has 0 amide bonds. The van der Waals surface area contributed by atoms with E-state index < -0.39 is 6.10 Å². The first-order valence-corrected chi connectivity index (χ1v) is 7.24. The number of rotatable bonds is 6. The molecule has 4 nitrogen and oxygen atoms in total. The molecule has 1 aliphatic heterocycles. The molecule has 5 heteroatoms. The maximum atomic E-state index is 12.8. The molecular weight excluding hydrogens is 257 g/mol. The van der Waals surface area contributed by atoms with Crippen molar-refractivity contribution in [2.45, 2.75) is 31.4 Å². The molecule has 1 N–H and O–H groups in total. The SMILES string of the molecule is CN(C)CC1CCCN1CCC(O)c1ccc(F)cn1. The van der Waals surface area contributed by atoms with Crippen LogP contribution in [0.25, 0.3) is 0 Å². The van der Waals surface area contributed by atoms with Crippen LogP contribution < -0.4 is 0 Å². The number of aliphatic hydroxyl groups is 1. The van der Waals surface area contributed by atoms with E-state index in [1.807, 2.05) is 0 Å². The number of likely N-dealkylation sites (N-methyl/N-ethyl adjacent to an activating group) is 1. The predicted octanol–water partition coefficient (Wildman–Crippen LogP) is 1.67. The summed E-state index contributed by atoms with van der Waals surface area (Å²) in [5.41, 5.74) is 0.551. The third-order valence-electron chi connectivity index (χ3n) is 3.86. The Balaban J connectivity index is 1.83. The van der Waals surface area contributed by atoms with Gasteiger partial charge in [-0.25, -0.2) is 4.39 Å². The second-order valence-electron chi connectivity index (χ2n) is 5.80. The van der Waals surface area contributed by atoms with Crippen LogP contribution in [0.4, 0.5) is 4.39 Å². The van der Waals surface area contributed by atoms with Gasteiger partial charge in [-0.05, 0) is 52.0 Å². The van der Waals surface area contributed by atoms with Crippen molar-refractivity contribution in [2.75, 3.05) is 33.7 Å². The van der Waals surface area contributed by atoms with Crippen molar-refractivity contribution < 1.29 is 9.50 Å². The van der Waals surface area contributed by atoms with Crippen molar-refractivity contribution >= 4 is 0 Å². The van der Waals surface area contributed by atoms with Gasteiger partial charge in [0, 0.05) is 19.1 Å². The van der Waals surface area contributed by atoms with Crippen LogP contribution in [0.3, 0.4) is 0 Å². The Morgan fingerprint density at radius 2 is 2.30 bits per heavy atom. The van der Waals surface area contributed by atoms with E-state index in [0.29, 0.717) is 18.2 Å². The van der Waals surface area contributed by atoms with Gasteiger partial charge < -0.3 is 10.0 Å². The van der Waals surface area contributed by atoms with E-state index in [9.17, 15) is 9.50 Å². The monoisotopic (exact) mass is 281 g/mol. The van der Waals surface area contributed by atoms with Gasteiger partial charge in [0.25, 0.3) is 0 Å². The van der Waals surface area contributed by atoms with Gasteiger partial charge in [-0.2, -0.15) is 0 Å². The maximum Gasteiger partial charge on any atom is 0.141 e. The minimum Gasteiger partial charge on any atom is -0.387 e. The largest absolute Gasteiger partial charge is 0.387 e. The first-order chi connectivity index (χ1) is 9.56. The number of aromatic nitrogens is 1. The molecule has 2 rings (SSSR count). The minimum atomic E-state index is -0.615. The first kappa shape index (κ1) is 15.4. The van der Waals surface area contributed by atoms with Crippen LogP contribution in [-0.4, -0.2) is 59.7 Å². The van der Waals surface area contributed by atoms with Crippen molar-refractivity contribution in [3.8, 4) is 0 Å². The Kier molecular flexibility index (Phi) is 5.46. The zero-order chi connectivity index (χ0) is 14.5. The maximum absolute atomic E-state index is 12.8. The van der Waals surface area contributed by atoms with Gasteiger partial charge in [-0.15, -0.1) is 0 Å².